The van der Waals surface area contributed by atoms with Crippen molar-refractivity contribution in [3.05, 3.63) is 99.0 Å². The highest BCUT2D eigenvalue weighted by Gasteiger charge is 2.24. The highest BCUT2D eigenvalue weighted by atomic mass is 35.5. The zero-order valence-electron chi connectivity index (χ0n) is 18.3. The lowest BCUT2D eigenvalue weighted by molar-refractivity contribution is 0.0746. The Hall–Kier alpha value is -2.49. The van der Waals surface area contributed by atoms with Crippen molar-refractivity contribution in [3.8, 4) is 0 Å². The number of nitrogens with one attached hydrogen (secondary N) is 1. The number of hydrogen-bond acceptors (Lipinski definition) is 2. The van der Waals surface area contributed by atoms with Crippen molar-refractivity contribution < 1.29 is 4.79 Å². The lowest BCUT2D eigenvalue weighted by Crippen LogP contribution is -2.33. The molecule has 1 aliphatic rings. The summed E-state index contributed by atoms with van der Waals surface area (Å²) in [5.41, 5.74) is 5.09. The van der Waals surface area contributed by atoms with Gasteiger partial charge in [0.15, 0.2) is 0 Å². The maximum Gasteiger partial charge on any atom is 0.256 e. The Kier molecular flexibility index (Phi) is 7.39. The van der Waals surface area contributed by atoms with Gasteiger partial charge in [-0.1, -0.05) is 59.6 Å². The van der Waals surface area contributed by atoms with Crippen molar-refractivity contribution in [3.63, 3.8) is 0 Å². The molecule has 0 heterocycles. The molecular weight excluding hydrogens is 439 g/mol. The van der Waals surface area contributed by atoms with Crippen LogP contribution in [0, 0.1) is 0 Å². The Bertz CT molecular complexity index is 1060. The second-order valence-electron chi connectivity index (χ2n) is 8.34. The van der Waals surface area contributed by atoms with Crippen LogP contribution in [0.15, 0.2) is 66.7 Å². The Labute approximate surface area is 200 Å². The van der Waals surface area contributed by atoms with Crippen molar-refractivity contribution >= 4 is 34.8 Å². The number of benzene rings is 3. The molecule has 0 aromatic heterocycles. The standard InChI is InChI=1S/C27H28Cl2N2O/c1-2-30-26-14-13-24(29)17-25(26)27(32)31(16-15-19-5-11-23(28)12-6-19)18-20-3-7-21(8-4-20)22-9-10-22/h3-8,11-14,17,22,30H,2,9-10,15-16,18H2,1H3. The van der Waals surface area contributed by atoms with Crippen molar-refractivity contribution in [1.29, 1.82) is 0 Å². The van der Waals surface area contributed by atoms with Crippen molar-refractivity contribution in [2.45, 2.75) is 38.6 Å². The van der Waals surface area contributed by atoms with E-state index < -0.39 is 0 Å². The number of amides is 1. The SMILES string of the molecule is CCNc1ccc(Cl)cc1C(=O)N(CCc1ccc(Cl)cc1)Cc1ccc(C2CC2)cc1. The van der Waals surface area contributed by atoms with E-state index in [1.165, 1.54) is 18.4 Å². The first-order chi connectivity index (χ1) is 15.5. The molecule has 1 aliphatic carbocycles. The first kappa shape index (κ1) is 22.7. The number of rotatable bonds is 9. The van der Waals surface area contributed by atoms with Gasteiger partial charge in [0.1, 0.15) is 0 Å². The molecule has 1 fully saturated rings. The van der Waals surface area contributed by atoms with Crippen LogP contribution in [-0.4, -0.2) is 23.9 Å². The van der Waals surface area contributed by atoms with E-state index >= 15 is 0 Å². The minimum Gasteiger partial charge on any atom is -0.385 e. The average molecular weight is 467 g/mol. The van der Waals surface area contributed by atoms with Gasteiger partial charge >= 0.3 is 0 Å². The zero-order chi connectivity index (χ0) is 22.5. The van der Waals surface area contributed by atoms with E-state index in [4.69, 9.17) is 23.2 Å². The number of nitrogens with zero attached hydrogens (tertiary/aromatic N) is 1. The first-order valence-electron chi connectivity index (χ1n) is 11.2. The fraction of sp³-hybridized carbons (Fsp3) is 0.296. The molecule has 1 amide bonds. The molecule has 0 unspecified atom stereocenters. The van der Waals surface area contributed by atoms with Crippen LogP contribution in [0.5, 0.6) is 0 Å². The predicted octanol–water partition coefficient (Wildman–Crippen LogP) is 7.19. The van der Waals surface area contributed by atoms with Crippen molar-refractivity contribution in [2.75, 3.05) is 18.4 Å². The van der Waals surface area contributed by atoms with Gasteiger partial charge in [0, 0.05) is 35.4 Å². The van der Waals surface area contributed by atoms with E-state index in [-0.39, 0.29) is 5.91 Å². The third-order valence-electron chi connectivity index (χ3n) is 5.85. The van der Waals surface area contributed by atoms with Crippen LogP contribution in [0.1, 0.15) is 52.7 Å². The summed E-state index contributed by atoms with van der Waals surface area (Å²) >= 11 is 12.3. The molecule has 0 aliphatic heterocycles. The van der Waals surface area contributed by atoms with Gasteiger partial charge in [0.2, 0.25) is 0 Å². The van der Waals surface area contributed by atoms with Crippen LogP contribution < -0.4 is 5.32 Å². The van der Waals surface area contributed by atoms with Crippen LogP contribution in [0.25, 0.3) is 0 Å². The largest absolute Gasteiger partial charge is 0.385 e. The quantitative estimate of drug-likeness (QED) is 0.361. The van der Waals surface area contributed by atoms with Crippen LogP contribution in [0.4, 0.5) is 5.69 Å². The second kappa shape index (κ2) is 10.4. The molecule has 1 saturated carbocycles. The van der Waals surface area contributed by atoms with E-state index in [0.717, 1.165) is 35.7 Å². The van der Waals surface area contributed by atoms with Crippen LogP contribution in [-0.2, 0) is 13.0 Å². The molecule has 0 spiro atoms. The van der Waals surface area contributed by atoms with E-state index in [1.54, 1.807) is 6.07 Å². The normalized spacial score (nSPS) is 13.1. The summed E-state index contributed by atoms with van der Waals surface area (Å²) in [5.74, 6) is 0.699. The Morgan fingerprint density at radius 2 is 1.59 bits per heavy atom. The number of hydrogen-bond donors (Lipinski definition) is 1. The Morgan fingerprint density at radius 1 is 0.938 bits per heavy atom. The summed E-state index contributed by atoms with van der Waals surface area (Å²) in [5, 5.41) is 4.56. The highest BCUT2D eigenvalue weighted by Crippen LogP contribution is 2.40. The molecule has 166 valence electrons. The van der Waals surface area contributed by atoms with E-state index in [0.29, 0.717) is 28.7 Å². The van der Waals surface area contributed by atoms with Gasteiger partial charge in [-0.15, -0.1) is 0 Å². The van der Waals surface area contributed by atoms with Gasteiger partial charge in [0.05, 0.1) is 5.56 Å². The molecule has 4 rings (SSSR count). The molecule has 0 bridgehead atoms. The first-order valence-corrected chi connectivity index (χ1v) is 11.9. The van der Waals surface area contributed by atoms with Crippen molar-refractivity contribution in [2.24, 2.45) is 0 Å². The van der Waals surface area contributed by atoms with Gasteiger partial charge in [-0.05, 0) is 79.1 Å². The molecule has 3 nitrogen and oxygen atoms in total. The molecule has 0 atom stereocenters. The van der Waals surface area contributed by atoms with E-state index in [1.807, 2.05) is 48.2 Å². The average Bonchev–Trinajstić information content (AvgIpc) is 3.64. The Morgan fingerprint density at radius 3 is 2.25 bits per heavy atom. The lowest BCUT2D eigenvalue weighted by Gasteiger charge is -2.25. The molecule has 0 saturated heterocycles. The molecule has 3 aromatic rings. The molecule has 0 radical (unpaired) electrons. The number of halogens is 2. The second-order valence-corrected chi connectivity index (χ2v) is 9.21. The fourth-order valence-electron chi connectivity index (χ4n) is 3.91. The van der Waals surface area contributed by atoms with Gasteiger partial charge in [-0.2, -0.15) is 0 Å². The van der Waals surface area contributed by atoms with Crippen molar-refractivity contribution in [1.82, 2.24) is 4.90 Å². The number of carbonyl (C=O) groups excluding carboxylic acids is 1. The Balaban J connectivity index is 1.57. The predicted molar refractivity (Wildman–Crippen MR) is 134 cm³/mol. The minimum absolute atomic E-state index is 0.0244. The summed E-state index contributed by atoms with van der Waals surface area (Å²) in [6.07, 6.45) is 3.32. The fourth-order valence-corrected chi connectivity index (χ4v) is 4.21. The summed E-state index contributed by atoms with van der Waals surface area (Å²) in [6, 6.07) is 22.0. The lowest BCUT2D eigenvalue weighted by atomic mass is 10.1. The third-order valence-corrected chi connectivity index (χ3v) is 6.34. The molecule has 32 heavy (non-hydrogen) atoms. The molecular formula is C27H28Cl2N2O. The van der Waals surface area contributed by atoms with Crippen LogP contribution in [0.2, 0.25) is 10.0 Å². The summed E-state index contributed by atoms with van der Waals surface area (Å²) < 4.78 is 0. The van der Waals surface area contributed by atoms with Gasteiger partial charge < -0.3 is 10.2 Å². The smallest absolute Gasteiger partial charge is 0.256 e. The van der Waals surface area contributed by atoms with E-state index in [2.05, 4.69) is 29.6 Å². The summed E-state index contributed by atoms with van der Waals surface area (Å²) in [7, 11) is 0. The molecule has 1 N–H and O–H groups in total. The van der Waals surface area contributed by atoms with Gasteiger partial charge in [0.25, 0.3) is 5.91 Å². The van der Waals surface area contributed by atoms with Crippen LogP contribution >= 0.6 is 23.2 Å². The number of carbonyl (C=O) groups is 1. The molecule has 5 heteroatoms. The topological polar surface area (TPSA) is 32.3 Å². The van der Waals surface area contributed by atoms with Gasteiger partial charge in [-0.3, -0.25) is 4.79 Å². The summed E-state index contributed by atoms with van der Waals surface area (Å²) in [4.78, 5) is 15.6. The molecule has 3 aromatic carbocycles. The summed E-state index contributed by atoms with van der Waals surface area (Å²) in [6.45, 7) is 3.90. The highest BCUT2D eigenvalue weighted by molar-refractivity contribution is 6.31. The number of anilines is 1. The maximum atomic E-state index is 13.7. The maximum absolute atomic E-state index is 13.7. The van der Waals surface area contributed by atoms with E-state index in [9.17, 15) is 4.79 Å². The van der Waals surface area contributed by atoms with Crippen LogP contribution in [0.3, 0.4) is 0 Å². The third kappa shape index (κ3) is 5.85. The zero-order valence-corrected chi connectivity index (χ0v) is 19.8. The van der Waals surface area contributed by atoms with Gasteiger partial charge in [-0.25, -0.2) is 0 Å². The minimum atomic E-state index is -0.0244. The monoisotopic (exact) mass is 466 g/mol.